The molecule has 2 aromatic heterocycles. The Labute approximate surface area is 219 Å². The molecule has 10 nitrogen and oxygen atoms in total. The monoisotopic (exact) mass is 522 g/mol. The lowest BCUT2D eigenvalue weighted by Gasteiger charge is -2.06. The number of carbonyl (C=O) groups is 2. The normalized spacial score (nSPS) is 9.49. The predicted octanol–water partition coefficient (Wildman–Crippen LogP) is 3.88. The van der Waals surface area contributed by atoms with Crippen molar-refractivity contribution in [3.05, 3.63) is 102 Å². The van der Waals surface area contributed by atoms with Gasteiger partial charge >= 0.3 is 0 Å². The van der Waals surface area contributed by atoms with Gasteiger partial charge in [0.15, 0.2) is 0 Å². The molecule has 0 aliphatic rings. The molecule has 2 heterocycles. The minimum absolute atomic E-state index is 0.229. The number of nitrogens with two attached hydrogens (primary N) is 2. The number of nitrogen functional groups attached to an aromatic ring is 2. The van der Waals surface area contributed by atoms with Gasteiger partial charge in [0.2, 0.25) is 0 Å². The third kappa shape index (κ3) is 10.1. The lowest BCUT2D eigenvalue weighted by molar-refractivity contribution is 0.0950. The average molecular weight is 523 g/mol. The number of pyridine rings is 2. The van der Waals surface area contributed by atoms with Crippen molar-refractivity contribution in [1.82, 2.24) is 20.6 Å². The van der Waals surface area contributed by atoms with Crippen molar-refractivity contribution < 1.29 is 19.4 Å². The van der Waals surface area contributed by atoms with E-state index in [-0.39, 0.29) is 17.6 Å². The Morgan fingerprint density at radius 2 is 1.24 bits per heavy atom. The van der Waals surface area contributed by atoms with Gasteiger partial charge in [0.1, 0.15) is 28.6 Å². The maximum Gasteiger partial charge on any atom is 0.269 e. The van der Waals surface area contributed by atoms with Crippen molar-refractivity contribution in [3.63, 3.8) is 0 Å². The molecule has 0 aliphatic carbocycles. The highest BCUT2D eigenvalue weighted by Crippen LogP contribution is 2.22. The van der Waals surface area contributed by atoms with Gasteiger partial charge in [-0.3, -0.25) is 19.6 Å². The number of benzene rings is 2. The molecule has 0 bridgehead atoms. The second-order valence-corrected chi connectivity index (χ2v) is 7.59. The van der Waals surface area contributed by atoms with E-state index in [9.17, 15) is 9.59 Å². The zero-order chi connectivity index (χ0) is 27.2. The molecule has 4 rings (SSSR count). The largest absolute Gasteiger partial charge is 0.508 e. The number of nitrogens with zero attached hydrogens (tertiary/aromatic N) is 2. The molecule has 4 aromatic rings. The van der Waals surface area contributed by atoms with Crippen molar-refractivity contribution in [1.29, 1.82) is 0 Å². The second kappa shape index (κ2) is 14.5. The number of phenolic OH excluding ortho intramolecular Hbond substituents is 1. The zero-order valence-corrected chi connectivity index (χ0v) is 20.9. The highest BCUT2D eigenvalue weighted by atomic mass is 35.5. The third-order valence-electron chi connectivity index (χ3n) is 4.38. The highest BCUT2D eigenvalue weighted by Gasteiger charge is 2.06. The van der Waals surface area contributed by atoms with Gasteiger partial charge in [-0.15, -0.1) is 0 Å². The molecule has 0 atom stereocenters. The highest BCUT2D eigenvalue weighted by molar-refractivity contribution is 6.30. The van der Waals surface area contributed by atoms with E-state index < -0.39 is 0 Å². The maximum absolute atomic E-state index is 11.4. The van der Waals surface area contributed by atoms with Gasteiger partial charge in [0, 0.05) is 49.0 Å². The van der Waals surface area contributed by atoms with Crippen LogP contribution in [0.25, 0.3) is 0 Å². The number of carbonyl (C=O) groups excluding carboxylic acids is 2. The number of amides is 2. The molecule has 0 saturated carbocycles. The number of rotatable bonds is 4. The Hall–Kier alpha value is -4.83. The van der Waals surface area contributed by atoms with E-state index in [0.717, 1.165) is 0 Å². The summed E-state index contributed by atoms with van der Waals surface area (Å²) in [5, 5.41) is 14.2. The van der Waals surface area contributed by atoms with E-state index in [2.05, 4.69) is 20.6 Å². The van der Waals surface area contributed by atoms with Crippen molar-refractivity contribution in [2.45, 2.75) is 0 Å². The first kappa shape index (κ1) is 28.4. The molecule has 192 valence electrons. The summed E-state index contributed by atoms with van der Waals surface area (Å²) in [6.07, 6.45) is 3.02. The van der Waals surface area contributed by atoms with Crippen LogP contribution in [0.3, 0.4) is 0 Å². The fourth-order valence-electron chi connectivity index (χ4n) is 2.53. The molecule has 2 aromatic carbocycles. The summed E-state index contributed by atoms with van der Waals surface area (Å²) < 4.78 is 5.59. The predicted molar refractivity (Wildman–Crippen MR) is 144 cm³/mol. The molecule has 37 heavy (non-hydrogen) atoms. The summed E-state index contributed by atoms with van der Waals surface area (Å²) in [6.45, 7) is 0. The summed E-state index contributed by atoms with van der Waals surface area (Å²) in [5.74, 6) is 0.969. The van der Waals surface area contributed by atoms with E-state index >= 15 is 0 Å². The SMILES string of the molecule is CNC(=O)c1cc(Cl)ccn1.CNC(=O)c1cc(Oc2ccc(N)cc2)ccn1.Nc1ccc(O)cc1. The summed E-state index contributed by atoms with van der Waals surface area (Å²) in [7, 11) is 3.10. The third-order valence-corrected chi connectivity index (χ3v) is 4.62. The zero-order valence-electron chi connectivity index (χ0n) is 20.2. The minimum Gasteiger partial charge on any atom is -0.508 e. The first-order chi connectivity index (χ1) is 17.7. The lowest BCUT2D eigenvalue weighted by Crippen LogP contribution is -2.18. The van der Waals surface area contributed by atoms with Crippen LogP contribution in [0.1, 0.15) is 21.0 Å². The Morgan fingerprint density at radius 1 is 0.757 bits per heavy atom. The fourth-order valence-corrected chi connectivity index (χ4v) is 2.69. The van der Waals surface area contributed by atoms with Gasteiger partial charge in [-0.05, 0) is 66.7 Å². The number of anilines is 2. The number of phenols is 1. The molecule has 0 fully saturated rings. The Bertz CT molecular complexity index is 1280. The number of halogens is 1. The number of hydrogen-bond acceptors (Lipinski definition) is 8. The Balaban J connectivity index is 0.000000215. The van der Waals surface area contributed by atoms with E-state index in [1.165, 1.54) is 18.5 Å². The van der Waals surface area contributed by atoms with Gasteiger partial charge in [-0.1, -0.05) is 11.6 Å². The van der Waals surface area contributed by atoms with E-state index in [0.29, 0.717) is 39.3 Å². The van der Waals surface area contributed by atoms with Crippen LogP contribution in [-0.4, -0.2) is 41.0 Å². The number of nitrogens with one attached hydrogen (secondary N) is 2. The quantitative estimate of drug-likeness (QED) is 0.199. The van der Waals surface area contributed by atoms with Gasteiger partial charge in [0.05, 0.1) is 0 Å². The van der Waals surface area contributed by atoms with Crippen molar-refractivity contribution in [3.8, 4) is 17.2 Å². The van der Waals surface area contributed by atoms with Crippen molar-refractivity contribution in [2.24, 2.45) is 0 Å². The van der Waals surface area contributed by atoms with Gasteiger partial charge in [0.25, 0.3) is 11.8 Å². The first-order valence-corrected chi connectivity index (χ1v) is 11.2. The van der Waals surface area contributed by atoms with Crippen LogP contribution >= 0.6 is 11.6 Å². The molecule has 2 amide bonds. The Kier molecular flexibility index (Phi) is 11.2. The molecule has 0 saturated heterocycles. The van der Waals surface area contributed by atoms with Crippen LogP contribution in [0.2, 0.25) is 5.02 Å². The van der Waals surface area contributed by atoms with Gasteiger partial charge in [-0.2, -0.15) is 0 Å². The van der Waals surface area contributed by atoms with Crippen LogP contribution in [0, 0.1) is 0 Å². The molecular formula is C26H27ClN6O4. The topological polar surface area (TPSA) is 165 Å². The van der Waals surface area contributed by atoms with Crippen LogP contribution in [0.15, 0.2) is 85.2 Å². The Morgan fingerprint density at radius 3 is 1.73 bits per heavy atom. The smallest absolute Gasteiger partial charge is 0.269 e. The number of hydrogen-bond donors (Lipinski definition) is 5. The van der Waals surface area contributed by atoms with Crippen molar-refractivity contribution in [2.75, 3.05) is 25.6 Å². The molecule has 0 aliphatic heterocycles. The molecule has 0 spiro atoms. The first-order valence-electron chi connectivity index (χ1n) is 10.8. The van der Waals surface area contributed by atoms with Crippen LogP contribution < -0.4 is 26.8 Å². The maximum atomic E-state index is 11.4. The lowest BCUT2D eigenvalue weighted by atomic mass is 10.3. The summed E-state index contributed by atoms with van der Waals surface area (Å²) in [5.41, 5.74) is 12.9. The van der Waals surface area contributed by atoms with Gasteiger partial charge < -0.3 is 31.9 Å². The number of aromatic nitrogens is 2. The second-order valence-electron chi connectivity index (χ2n) is 7.16. The number of ether oxygens (including phenoxy) is 1. The minimum atomic E-state index is -0.252. The molecule has 7 N–H and O–H groups in total. The van der Waals surface area contributed by atoms with Crippen LogP contribution in [-0.2, 0) is 0 Å². The van der Waals surface area contributed by atoms with E-state index in [4.69, 9.17) is 32.9 Å². The summed E-state index contributed by atoms with van der Waals surface area (Å²) in [4.78, 5) is 30.1. The molecule has 0 unspecified atom stereocenters. The molecular weight excluding hydrogens is 496 g/mol. The van der Waals surface area contributed by atoms with Crippen LogP contribution in [0.4, 0.5) is 11.4 Å². The summed E-state index contributed by atoms with van der Waals surface area (Å²) in [6, 6.07) is 19.8. The van der Waals surface area contributed by atoms with E-state index in [1.807, 2.05) is 0 Å². The number of aromatic hydroxyl groups is 1. The fraction of sp³-hybridized carbons (Fsp3) is 0.0769. The van der Waals surface area contributed by atoms with Crippen molar-refractivity contribution >= 4 is 34.8 Å². The van der Waals surface area contributed by atoms with Crippen LogP contribution in [0.5, 0.6) is 17.2 Å². The van der Waals surface area contributed by atoms with E-state index in [1.54, 1.807) is 80.8 Å². The van der Waals surface area contributed by atoms with Gasteiger partial charge in [-0.25, -0.2) is 0 Å². The standard InChI is InChI=1S/C13H13N3O2.C7H7ClN2O.C6H7NO/c1-15-13(17)12-8-11(6-7-16-12)18-10-4-2-9(14)3-5-10;1-9-7(11)6-4-5(8)2-3-10-6;7-5-1-3-6(8)4-2-5/h2-8H,14H2,1H3,(H,15,17);2-4H,1H3,(H,9,11);1-4,8H,7H2. The average Bonchev–Trinajstić information content (AvgIpc) is 2.91. The molecule has 0 radical (unpaired) electrons. The molecule has 11 heteroatoms. The summed E-state index contributed by atoms with van der Waals surface area (Å²) >= 11 is 5.63.